The van der Waals surface area contributed by atoms with Crippen molar-refractivity contribution in [3.8, 4) is 11.4 Å². The first-order valence-corrected chi connectivity index (χ1v) is 6.60. The van der Waals surface area contributed by atoms with Crippen molar-refractivity contribution < 1.29 is 19.2 Å². The summed E-state index contributed by atoms with van der Waals surface area (Å²) in [4.78, 5) is 14.9. The number of carbonyl (C=O) groups is 1. The summed E-state index contributed by atoms with van der Waals surface area (Å²) in [5.41, 5.74) is 0.898. The number of rotatable bonds is 5. The zero-order valence-electron chi connectivity index (χ0n) is 12.2. The van der Waals surface area contributed by atoms with Crippen molar-refractivity contribution in [1.29, 1.82) is 0 Å². The first kappa shape index (κ1) is 16.4. The van der Waals surface area contributed by atoms with Gasteiger partial charge in [0.2, 0.25) is 5.82 Å². The minimum Gasteiger partial charge on any atom is -0.492 e. The van der Waals surface area contributed by atoms with Crippen LogP contribution in [0.1, 0.15) is 37.0 Å². The number of hydrogen-bond acceptors (Lipinski definition) is 5. The van der Waals surface area contributed by atoms with Gasteiger partial charge in [-0.25, -0.2) is 4.79 Å². The molecule has 0 atom stereocenters. The highest BCUT2D eigenvalue weighted by Gasteiger charge is 2.09. The molecule has 0 unspecified atom stereocenters. The maximum Gasteiger partial charge on any atom is 0.335 e. The van der Waals surface area contributed by atoms with E-state index in [9.17, 15) is 4.79 Å². The van der Waals surface area contributed by atoms with Gasteiger partial charge in [0.15, 0.2) is 6.61 Å². The summed E-state index contributed by atoms with van der Waals surface area (Å²) >= 11 is 0. The van der Waals surface area contributed by atoms with Gasteiger partial charge in [0.1, 0.15) is 0 Å². The molecule has 1 aromatic carbocycles. The van der Waals surface area contributed by atoms with Gasteiger partial charge < -0.3 is 14.4 Å². The van der Waals surface area contributed by atoms with E-state index in [1.165, 1.54) is 18.4 Å². The molecule has 0 bridgehead atoms. The van der Waals surface area contributed by atoms with E-state index in [0.29, 0.717) is 17.3 Å². The lowest BCUT2D eigenvalue weighted by molar-refractivity contribution is 0.0697. The number of aromatic carboxylic acids is 1. The third-order valence-corrected chi connectivity index (χ3v) is 2.30. The molecule has 0 aliphatic rings. The van der Waals surface area contributed by atoms with Crippen LogP contribution in [0.25, 0.3) is 11.4 Å². The molecule has 0 aliphatic heterocycles. The Labute approximate surface area is 123 Å². The second kappa shape index (κ2) is 8.52. The van der Waals surface area contributed by atoms with E-state index in [-0.39, 0.29) is 12.2 Å². The normalized spacial score (nSPS) is 10.0. The van der Waals surface area contributed by atoms with Crippen molar-refractivity contribution >= 4 is 5.97 Å². The summed E-state index contributed by atoms with van der Waals surface area (Å²) < 4.78 is 10.1. The van der Waals surface area contributed by atoms with E-state index in [1.54, 1.807) is 18.2 Å². The van der Waals surface area contributed by atoms with Gasteiger partial charge in [0.05, 0.1) is 11.8 Å². The maximum absolute atomic E-state index is 10.7. The van der Waals surface area contributed by atoms with Crippen LogP contribution in [-0.2, 0) is 11.3 Å². The van der Waals surface area contributed by atoms with E-state index in [0.717, 1.165) is 0 Å². The highest BCUT2D eigenvalue weighted by atomic mass is 16.5. The van der Waals surface area contributed by atoms with Crippen LogP contribution in [0, 0.1) is 0 Å². The van der Waals surface area contributed by atoms with Gasteiger partial charge in [-0.05, 0) is 19.1 Å². The van der Waals surface area contributed by atoms with Gasteiger partial charge in [-0.1, -0.05) is 37.2 Å². The van der Waals surface area contributed by atoms with Gasteiger partial charge in [-0.2, -0.15) is 4.98 Å². The fraction of sp³-hybridized carbons (Fsp3) is 0.267. The van der Waals surface area contributed by atoms with Crippen molar-refractivity contribution in [3.05, 3.63) is 48.1 Å². The SMILES string of the molecule is C/C=C\OCc1nc(-c2ccc(C(=O)O)cc2)no1.CC. The fourth-order valence-electron chi connectivity index (χ4n) is 1.41. The largest absolute Gasteiger partial charge is 0.492 e. The van der Waals surface area contributed by atoms with Gasteiger partial charge in [-0.15, -0.1) is 0 Å². The topological polar surface area (TPSA) is 85.5 Å². The van der Waals surface area contributed by atoms with E-state index in [2.05, 4.69) is 10.1 Å². The number of nitrogens with zero attached hydrogens (tertiary/aromatic N) is 2. The molecule has 1 aromatic heterocycles. The summed E-state index contributed by atoms with van der Waals surface area (Å²) in [7, 11) is 0. The molecule has 0 saturated heterocycles. The van der Waals surface area contributed by atoms with Gasteiger partial charge in [0.25, 0.3) is 5.89 Å². The van der Waals surface area contributed by atoms with E-state index < -0.39 is 5.97 Å². The molecule has 0 amide bonds. The Morgan fingerprint density at radius 1 is 1.33 bits per heavy atom. The van der Waals surface area contributed by atoms with Crippen molar-refractivity contribution in [2.45, 2.75) is 27.4 Å². The summed E-state index contributed by atoms with van der Waals surface area (Å²) in [6.45, 7) is 6.04. The minimum absolute atomic E-state index is 0.199. The summed E-state index contributed by atoms with van der Waals surface area (Å²) in [5, 5.41) is 12.6. The van der Waals surface area contributed by atoms with E-state index >= 15 is 0 Å². The van der Waals surface area contributed by atoms with Crippen LogP contribution in [0.5, 0.6) is 0 Å². The van der Waals surface area contributed by atoms with E-state index in [4.69, 9.17) is 14.4 Å². The van der Waals surface area contributed by atoms with Crippen molar-refractivity contribution in [3.63, 3.8) is 0 Å². The Morgan fingerprint density at radius 3 is 2.57 bits per heavy atom. The van der Waals surface area contributed by atoms with Crippen molar-refractivity contribution in [2.75, 3.05) is 0 Å². The zero-order chi connectivity index (χ0) is 15.7. The number of carboxylic acids is 1. The number of hydrogen-bond donors (Lipinski definition) is 1. The van der Waals surface area contributed by atoms with Crippen LogP contribution in [-0.4, -0.2) is 21.2 Å². The Hall–Kier alpha value is -2.63. The molecule has 112 valence electrons. The van der Waals surface area contributed by atoms with Gasteiger partial charge >= 0.3 is 5.97 Å². The van der Waals surface area contributed by atoms with Crippen LogP contribution in [0.15, 0.2) is 41.1 Å². The zero-order valence-corrected chi connectivity index (χ0v) is 12.2. The lowest BCUT2D eigenvalue weighted by Crippen LogP contribution is -1.95. The standard InChI is InChI=1S/C13H12N2O4.C2H6/c1-2-7-18-8-11-14-12(15-19-11)9-3-5-10(6-4-9)13(16)17;1-2/h2-7H,8H2,1H3,(H,16,17);1-2H3/b7-2-;. The van der Waals surface area contributed by atoms with E-state index in [1.807, 2.05) is 20.8 Å². The molecule has 2 aromatic rings. The van der Waals surface area contributed by atoms with Crippen LogP contribution in [0.3, 0.4) is 0 Å². The molecule has 21 heavy (non-hydrogen) atoms. The number of benzene rings is 1. The molecule has 0 aliphatic carbocycles. The van der Waals surface area contributed by atoms with Gasteiger partial charge in [-0.3, -0.25) is 0 Å². The molecule has 6 heteroatoms. The predicted molar refractivity (Wildman–Crippen MR) is 77.6 cm³/mol. The quantitative estimate of drug-likeness (QED) is 0.848. The number of carboxylic acid groups (broad SMARTS) is 1. The molecule has 0 fully saturated rings. The second-order valence-corrected chi connectivity index (χ2v) is 3.67. The summed E-state index contributed by atoms with van der Waals surface area (Å²) in [6.07, 6.45) is 3.29. The Kier molecular flexibility index (Phi) is 6.67. The molecular weight excluding hydrogens is 272 g/mol. The van der Waals surface area contributed by atoms with Crippen LogP contribution >= 0.6 is 0 Å². The first-order valence-electron chi connectivity index (χ1n) is 6.60. The van der Waals surface area contributed by atoms with Crippen LogP contribution in [0.4, 0.5) is 0 Å². The van der Waals surface area contributed by atoms with Crippen LogP contribution in [0.2, 0.25) is 0 Å². The fourth-order valence-corrected chi connectivity index (χ4v) is 1.41. The Bertz CT molecular complexity index is 588. The smallest absolute Gasteiger partial charge is 0.335 e. The van der Waals surface area contributed by atoms with Gasteiger partial charge in [0, 0.05) is 5.56 Å². The molecule has 6 nitrogen and oxygen atoms in total. The lowest BCUT2D eigenvalue weighted by atomic mass is 10.1. The average Bonchev–Trinajstić information content (AvgIpc) is 2.98. The summed E-state index contributed by atoms with van der Waals surface area (Å²) in [5.74, 6) is -0.216. The molecule has 0 spiro atoms. The first-order chi connectivity index (χ1) is 10.2. The predicted octanol–water partition coefficient (Wildman–Crippen LogP) is 3.51. The number of allylic oxidation sites excluding steroid dienone is 1. The minimum atomic E-state index is -0.972. The van der Waals surface area contributed by atoms with Crippen molar-refractivity contribution in [2.24, 2.45) is 0 Å². The van der Waals surface area contributed by atoms with Crippen molar-refractivity contribution in [1.82, 2.24) is 10.1 Å². The Morgan fingerprint density at radius 2 is 2.00 bits per heavy atom. The monoisotopic (exact) mass is 290 g/mol. The number of aromatic nitrogens is 2. The molecule has 1 heterocycles. The average molecular weight is 290 g/mol. The molecular formula is C15H18N2O4. The molecule has 1 N–H and O–H groups in total. The lowest BCUT2D eigenvalue weighted by Gasteiger charge is -1.96. The third-order valence-electron chi connectivity index (χ3n) is 2.30. The number of ether oxygens (including phenoxy) is 1. The molecule has 2 rings (SSSR count). The summed E-state index contributed by atoms with van der Waals surface area (Å²) in [6, 6.07) is 6.24. The molecule has 0 saturated carbocycles. The van der Waals surface area contributed by atoms with Crippen LogP contribution < -0.4 is 0 Å². The second-order valence-electron chi connectivity index (χ2n) is 3.67. The highest BCUT2D eigenvalue weighted by Crippen LogP contribution is 2.16. The third kappa shape index (κ3) is 4.76. The highest BCUT2D eigenvalue weighted by molar-refractivity contribution is 5.88. The molecule has 0 radical (unpaired) electrons. The Balaban J connectivity index is 0.00000106. The maximum atomic E-state index is 10.7.